The highest BCUT2D eigenvalue weighted by atomic mass is 19.1. The lowest BCUT2D eigenvalue weighted by atomic mass is 10.0. The van der Waals surface area contributed by atoms with Gasteiger partial charge in [0.2, 0.25) is 0 Å². The van der Waals surface area contributed by atoms with Crippen molar-refractivity contribution in [2.24, 2.45) is 0 Å². The molecule has 0 aliphatic carbocycles. The molecule has 2 N–H and O–H groups in total. The Hall–Kier alpha value is -3.05. The van der Waals surface area contributed by atoms with Gasteiger partial charge in [-0.25, -0.2) is 4.39 Å². The summed E-state index contributed by atoms with van der Waals surface area (Å²) in [4.78, 5) is 16.1. The number of aliphatic hydroxyl groups excluding tert-OH is 1. The molecule has 1 atom stereocenters. The van der Waals surface area contributed by atoms with Crippen LogP contribution in [0.4, 0.5) is 4.39 Å². The van der Waals surface area contributed by atoms with E-state index in [1.165, 1.54) is 12.1 Å². The first-order valence-corrected chi connectivity index (χ1v) is 7.85. The van der Waals surface area contributed by atoms with Crippen LogP contribution >= 0.6 is 0 Å². The molecule has 1 unspecified atom stereocenters. The number of nitrogens with one attached hydrogen (secondary N) is 1. The van der Waals surface area contributed by atoms with Crippen molar-refractivity contribution in [3.05, 3.63) is 90.0 Å². The van der Waals surface area contributed by atoms with Gasteiger partial charge in [0.15, 0.2) is 0 Å². The van der Waals surface area contributed by atoms with Crippen LogP contribution in [-0.4, -0.2) is 22.5 Å². The zero-order chi connectivity index (χ0) is 17.6. The van der Waals surface area contributed by atoms with Gasteiger partial charge in [-0.15, -0.1) is 0 Å². The maximum atomic E-state index is 13.0. The Kier molecular flexibility index (Phi) is 5.16. The van der Waals surface area contributed by atoms with Crippen LogP contribution in [0.3, 0.4) is 0 Å². The Morgan fingerprint density at radius 1 is 1.04 bits per heavy atom. The smallest absolute Gasteiger partial charge is 0.251 e. The molecule has 2 aromatic carbocycles. The van der Waals surface area contributed by atoms with Gasteiger partial charge in [-0.3, -0.25) is 9.78 Å². The van der Waals surface area contributed by atoms with E-state index in [4.69, 9.17) is 0 Å². The minimum Gasteiger partial charge on any atom is -0.387 e. The summed E-state index contributed by atoms with van der Waals surface area (Å²) in [6.45, 7) is 0.101. The number of hydrogen-bond donors (Lipinski definition) is 2. The highest BCUT2D eigenvalue weighted by Crippen LogP contribution is 2.20. The summed E-state index contributed by atoms with van der Waals surface area (Å²) >= 11 is 0. The molecular weight excluding hydrogens is 319 g/mol. The predicted molar refractivity (Wildman–Crippen MR) is 93.4 cm³/mol. The second kappa shape index (κ2) is 7.68. The highest BCUT2D eigenvalue weighted by Gasteiger charge is 2.11. The summed E-state index contributed by atoms with van der Waals surface area (Å²) in [5, 5.41) is 12.7. The third-order valence-corrected chi connectivity index (χ3v) is 3.85. The molecule has 0 bridgehead atoms. The van der Waals surface area contributed by atoms with Crippen molar-refractivity contribution < 1.29 is 14.3 Å². The lowest BCUT2D eigenvalue weighted by Crippen LogP contribution is -2.28. The zero-order valence-corrected chi connectivity index (χ0v) is 13.4. The highest BCUT2D eigenvalue weighted by molar-refractivity contribution is 5.94. The molecule has 3 aromatic rings. The van der Waals surface area contributed by atoms with Gasteiger partial charge in [0.1, 0.15) is 5.82 Å². The number of rotatable bonds is 5. The minimum atomic E-state index is -0.809. The van der Waals surface area contributed by atoms with Crippen LogP contribution in [0.25, 0.3) is 11.1 Å². The lowest BCUT2D eigenvalue weighted by molar-refractivity contribution is 0.0916. The molecule has 5 heteroatoms. The van der Waals surface area contributed by atoms with Gasteiger partial charge in [0.25, 0.3) is 5.91 Å². The second-order valence-electron chi connectivity index (χ2n) is 5.60. The summed E-state index contributed by atoms with van der Waals surface area (Å²) < 4.78 is 13.0. The number of nitrogens with zero attached hydrogens (tertiary/aromatic N) is 1. The monoisotopic (exact) mass is 336 g/mol. The standard InChI is InChI=1S/C20H17FN2O2/c21-18-9-7-15(8-10-18)14-3-5-16(6-4-14)20(25)23-13-19(24)17-2-1-11-22-12-17/h1-12,19,24H,13H2,(H,23,25). The maximum Gasteiger partial charge on any atom is 0.251 e. The van der Waals surface area contributed by atoms with Crippen molar-refractivity contribution in [3.63, 3.8) is 0 Å². The average molecular weight is 336 g/mol. The molecule has 0 aliphatic rings. The molecule has 1 amide bonds. The van der Waals surface area contributed by atoms with E-state index >= 15 is 0 Å². The molecule has 25 heavy (non-hydrogen) atoms. The normalized spacial score (nSPS) is 11.8. The molecule has 0 radical (unpaired) electrons. The third-order valence-electron chi connectivity index (χ3n) is 3.85. The number of aromatic nitrogens is 1. The van der Waals surface area contributed by atoms with Gasteiger partial charge in [-0.05, 0) is 41.5 Å². The van der Waals surface area contributed by atoms with E-state index in [1.807, 2.05) is 0 Å². The number of carbonyl (C=O) groups is 1. The molecule has 3 rings (SSSR count). The van der Waals surface area contributed by atoms with E-state index < -0.39 is 6.10 Å². The topological polar surface area (TPSA) is 62.2 Å². The number of aliphatic hydroxyl groups is 1. The Balaban J connectivity index is 1.62. The molecule has 0 spiro atoms. The summed E-state index contributed by atoms with van der Waals surface area (Å²) in [5.74, 6) is -0.555. The lowest BCUT2D eigenvalue weighted by Gasteiger charge is -2.12. The van der Waals surface area contributed by atoms with Gasteiger partial charge in [-0.2, -0.15) is 0 Å². The first kappa shape index (κ1) is 16.8. The zero-order valence-electron chi connectivity index (χ0n) is 13.4. The van der Waals surface area contributed by atoms with Crippen LogP contribution in [0.15, 0.2) is 73.1 Å². The Bertz CT molecular complexity index is 834. The SMILES string of the molecule is O=C(NCC(O)c1cccnc1)c1ccc(-c2ccc(F)cc2)cc1. The fourth-order valence-corrected chi connectivity index (χ4v) is 2.44. The number of amides is 1. The third kappa shape index (κ3) is 4.28. The fraction of sp³-hybridized carbons (Fsp3) is 0.100. The quantitative estimate of drug-likeness (QED) is 0.751. The van der Waals surface area contributed by atoms with Crippen LogP contribution in [0, 0.1) is 5.82 Å². The van der Waals surface area contributed by atoms with Crippen LogP contribution in [0.2, 0.25) is 0 Å². The summed E-state index contributed by atoms with van der Waals surface area (Å²) in [6.07, 6.45) is 2.38. The Morgan fingerprint density at radius 2 is 1.68 bits per heavy atom. The average Bonchev–Trinajstić information content (AvgIpc) is 2.67. The summed E-state index contributed by atoms with van der Waals surface area (Å²) in [6, 6.07) is 16.7. The molecule has 126 valence electrons. The molecule has 0 saturated carbocycles. The van der Waals surface area contributed by atoms with E-state index in [0.29, 0.717) is 11.1 Å². The molecule has 4 nitrogen and oxygen atoms in total. The second-order valence-corrected chi connectivity index (χ2v) is 5.60. The molecular formula is C20H17FN2O2. The van der Waals surface area contributed by atoms with Crippen LogP contribution in [-0.2, 0) is 0 Å². The van der Waals surface area contributed by atoms with Gasteiger partial charge < -0.3 is 10.4 Å². The Labute approximate surface area is 145 Å². The first-order valence-electron chi connectivity index (χ1n) is 7.85. The minimum absolute atomic E-state index is 0.101. The van der Waals surface area contributed by atoms with Crippen LogP contribution < -0.4 is 5.32 Å². The largest absolute Gasteiger partial charge is 0.387 e. The van der Waals surface area contributed by atoms with E-state index in [0.717, 1.165) is 11.1 Å². The number of halogens is 1. The van der Waals surface area contributed by atoms with Gasteiger partial charge in [0, 0.05) is 30.1 Å². The number of pyridine rings is 1. The molecule has 1 aromatic heterocycles. The fourth-order valence-electron chi connectivity index (χ4n) is 2.44. The molecule has 0 saturated heterocycles. The van der Waals surface area contributed by atoms with Crippen molar-refractivity contribution in [3.8, 4) is 11.1 Å². The van der Waals surface area contributed by atoms with Crippen LogP contribution in [0.5, 0.6) is 0 Å². The number of hydrogen-bond acceptors (Lipinski definition) is 3. The van der Waals surface area contributed by atoms with Gasteiger partial charge in [0.05, 0.1) is 6.10 Å². The Morgan fingerprint density at radius 3 is 2.28 bits per heavy atom. The van der Waals surface area contributed by atoms with Gasteiger partial charge in [-0.1, -0.05) is 30.3 Å². The van der Waals surface area contributed by atoms with Crippen molar-refractivity contribution in [2.75, 3.05) is 6.54 Å². The first-order chi connectivity index (χ1) is 12.1. The molecule has 0 fully saturated rings. The van der Waals surface area contributed by atoms with Crippen molar-refractivity contribution in [1.29, 1.82) is 0 Å². The van der Waals surface area contributed by atoms with Crippen molar-refractivity contribution in [2.45, 2.75) is 6.10 Å². The summed E-state index contributed by atoms with van der Waals surface area (Å²) in [5.41, 5.74) is 2.91. The number of carbonyl (C=O) groups excluding carboxylic acids is 1. The van der Waals surface area contributed by atoms with Gasteiger partial charge >= 0.3 is 0 Å². The van der Waals surface area contributed by atoms with Crippen molar-refractivity contribution >= 4 is 5.91 Å². The number of benzene rings is 2. The summed E-state index contributed by atoms with van der Waals surface area (Å²) in [7, 11) is 0. The van der Waals surface area contributed by atoms with Crippen LogP contribution in [0.1, 0.15) is 22.0 Å². The maximum absolute atomic E-state index is 13.0. The predicted octanol–water partition coefficient (Wildman–Crippen LogP) is 3.35. The van der Waals surface area contributed by atoms with E-state index in [1.54, 1.807) is 60.9 Å². The van der Waals surface area contributed by atoms with E-state index in [-0.39, 0.29) is 18.3 Å². The molecule has 0 aliphatic heterocycles. The van der Waals surface area contributed by atoms with E-state index in [2.05, 4.69) is 10.3 Å². The van der Waals surface area contributed by atoms with E-state index in [9.17, 15) is 14.3 Å². The molecule has 1 heterocycles. The van der Waals surface area contributed by atoms with Crippen molar-refractivity contribution in [1.82, 2.24) is 10.3 Å².